The van der Waals surface area contributed by atoms with E-state index in [4.69, 9.17) is 19.3 Å². The predicted molar refractivity (Wildman–Crippen MR) is 75.5 cm³/mol. The van der Waals surface area contributed by atoms with Crippen molar-refractivity contribution < 1.29 is 50.0 Å². The van der Waals surface area contributed by atoms with E-state index < -0.39 is 74.6 Å². The fourth-order valence-electron chi connectivity index (χ4n) is 2.83. The fourth-order valence-corrected chi connectivity index (χ4v) is 2.83. The Morgan fingerprint density at radius 1 is 0.792 bits per heavy atom. The van der Waals surface area contributed by atoms with E-state index in [9.17, 15) is 30.6 Å². The van der Waals surface area contributed by atoms with E-state index in [1.54, 1.807) is 0 Å². The van der Waals surface area contributed by atoms with Crippen LogP contribution in [0.2, 0.25) is 0 Å². The zero-order chi connectivity index (χ0) is 18.0. The highest BCUT2D eigenvalue weighted by Gasteiger charge is 2.50. The molecule has 0 aliphatic carbocycles. The molecule has 2 rings (SSSR count). The number of aliphatic hydroxyl groups is 7. The molecule has 24 heavy (non-hydrogen) atoms. The number of hydrogen-bond acceptors (Lipinski definition) is 11. The molecule has 8 unspecified atom stereocenters. The summed E-state index contributed by atoms with van der Waals surface area (Å²) in [5.74, 6) is 0. The second kappa shape index (κ2) is 8.29. The molecule has 11 nitrogen and oxygen atoms in total. The second-order valence-electron chi connectivity index (χ2n) is 5.85. The SMILES string of the molecule is CNC1OC(CO)[C@H](OC2OC(CO)C(O)C(O)C2O)C(O)[C@@H]1O. The van der Waals surface area contributed by atoms with Gasteiger partial charge in [0.2, 0.25) is 0 Å². The van der Waals surface area contributed by atoms with Crippen LogP contribution in [0, 0.1) is 0 Å². The minimum atomic E-state index is -1.67. The van der Waals surface area contributed by atoms with Crippen LogP contribution >= 0.6 is 0 Å². The van der Waals surface area contributed by atoms with E-state index in [-0.39, 0.29) is 0 Å². The Labute approximate surface area is 138 Å². The second-order valence-corrected chi connectivity index (χ2v) is 5.85. The lowest BCUT2D eigenvalue weighted by atomic mass is 9.96. The highest BCUT2D eigenvalue weighted by atomic mass is 16.7. The van der Waals surface area contributed by atoms with E-state index in [0.29, 0.717) is 0 Å². The van der Waals surface area contributed by atoms with Crippen molar-refractivity contribution in [3.05, 3.63) is 0 Å². The van der Waals surface area contributed by atoms with Crippen molar-refractivity contribution >= 4 is 0 Å². The molecule has 10 atom stereocenters. The Morgan fingerprint density at radius 3 is 1.96 bits per heavy atom. The molecule has 2 saturated heterocycles. The highest BCUT2D eigenvalue weighted by molar-refractivity contribution is 4.94. The van der Waals surface area contributed by atoms with Crippen LogP contribution in [-0.4, -0.2) is 117 Å². The molecule has 0 aromatic carbocycles. The zero-order valence-electron chi connectivity index (χ0n) is 13.0. The Kier molecular flexibility index (Phi) is 6.87. The first kappa shape index (κ1) is 19.9. The number of rotatable bonds is 5. The molecule has 2 fully saturated rings. The highest BCUT2D eigenvalue weighted by Crippen LogP contribution is 2.28. The van der Waals surface area contributed by atoms with Crippen LogP contribution in [0.1, 0.15) is 0 Å². The average molecular weight is 355 g/mol. The van der Waals surface area contributed by atoms with Crippen LogP contribution in [0.15, 0.2) is 0 Å². The largest absolute Gasteiger partial charge is 0.394 e. The van der Waals surface area contributed by atoms with Crippen molar-refractivity contribution in [2.45, 2.75) is 61.3 Å². The van der Waals surface area contributed by atoms with Gasteiger partial charge in [-0.1, -0.05) is 0 Å². The van der Waals surface area contributed by atoms with E-state index >= 15 is 0 Å². The van der Waals surface area contributed by atoms with E-state index in [2.05, 4.69) is 5.32 Å². The normalized spacial score (nSPS) is 50.0. The topological polar surface area (TPSA) is 181 Å². The van der Waals surface area contributed by atoms with Crippen LogP contribution in [0.3, 0.4) is 0 Å². The third-order valence-electron chi connectivity index (χ3n) is 4.29. The van der Waals surface area contributed by atoms with E-state index in [0.717, 1.165) is 0 Å². The van der Waals surface area contributed by atoms with Crippen molar-refractivity contribution in [3.63, 3.8) is 0 Å². The molecule has 2 aliphatic rings. The van der Waals surface area contributed by atoms with Gasteiger partial charge in [-0.3, -0.25) is 5.32 Å². The van der Waals surface area contributed by atoms with Gasteiger partial charge in [0, 0.05) is 0 Å². The van der Waals surface area contributed by atoms with Crippen molar-refractivity contribution in [2.24, 2.45) is 0 Å². The van der Waals surface area contributed by atoms with E-state index in [1.165, 1.54) is 7.05 Å². The summed E-state index contributed by atoms with van der Waals surface area (Å²) in [6.45, 7) is -1.19. The van der Waals surface area contributed by atoms with Crippen molar-refractivity contribution in [2.75, 3.05) is 20.3 Å². The van der Waals surface area contributed by atoms with Gasteiger partial charge < -0.3 is 50.0 Å². The summed E-state index contributed by atoms with van der Waals surface area (Å²) >= 11 is 0. The minimum absolute atomic E-state index is 0.552. The summed E-state index contributed by atoms with van der Waals surface area (Å²) in [6.07, 6.45) is -13.7. The summed E-state index contributed by atoms with van der Waals surface area (Å²) < 4.78 is 15.9. The molecule has 0 bridgehead atoms. The molecule has 8 N–H and O–H groups in total. The maximum atomic E-state index is 10.2. The summed E-state index contributed by atoms with van der Waals surface area (Å²) in [5, 5.41) is 70.8. The monoisotopic (exact) mass is 355 g/mol. The molecular formula is C13H25NO10. The van der Waals surface area contributed by atoms with E-state index in [1.807, 2.05) is 0 Å². The van der Waals surface area contributed by atoms with Gasteiger partial charge in [0.15, 0.2) is 6.29 Å². The lowest BCUT2D eigenvalue weighted by Crippen LogP contribution is -2.66. The molecule has 11 heteroatoms. The van der Waals surface area contributed by atoms with Gasteiger partial charge in [0.05, 0.1) is 13.2 Å². The third kappa shape index (κ3) is 3.71. The first-order valence-corrected chi connectivity index (χ1v) is 7.61. The molecular weight excluding hydrogens is 330 g/mol. The standard InChI is InChI=1S/C13H25NO10/c1-14-12-9(20)8(19)11(5(3-16)22-12)24-13-10(21)7(18)6(17)4(2-15)23-13/h4-21H,2-3H2,1H3/t4?,5?,6?,7?,8?,9-,10?,11-,12?,13?/m0/s1. The predicted octanol–water partition coefficient (Wildman–Crippen LogP) is -5.17. The summed E-state index contributed by atoms with van der Waals surface area (Å²) in [7, 11) is 1.49. The van der Waals surface area contributed by atoms with Crippen LogP contribution < -0.4 is 5.32 Å². The van der Waals surface area contributed by atoms with Crippen LogP contribution in [0.5, 0.6) is 0 Å². The van der Waals surface area contributed by atoms with Gasteiger partial charge in [0.25, 0.3) is 0 Å². The molecule has 142 valence electrons. The maximum absolute atomic E-state index is 10.2. The Bertz CT molecular complexity index is 397. The van der Waals surface area contributed by atoms with Gasteiger partial charge in [-0.2, -0.15) is 0 Å². The summed E-state index contributed by atoms with van der Waals surface area (Å²) in [6, 6.07) is 0. The van der Waals surface area contributed by atoms with Crippen molar-refractivity contribution in [1.29, 1.82) is 0 Å². The Morgan fingerprint density at radius 2 is 1.42 bits per heavy atom. The van der Waals surface area contributed by atoms with Crippen LogP contribution in [0.4, 0.5) is 0 Å². The lowest BCUT2D eigenvalue weighted by molar-refractivity contribution is -0.343. The van der Waals surface area contributed by atoms with Gasteiger partial charge in [-0.15, -0.1) is 0 Å². The quantitative estimate of drug-likeness (QED) is 0.236. The molecule has 0 radical (unpaired) electrons. The number of aliphatic hydroxyl groups excluding tert-OH is 7. The Hall–Kier alpha value is -0.440. The smallest absolute Gasteiger partial charge is 0.187 e. The minimum Gasteiger partial charge on any atom is -0.394 e. The fraction of sp³-hybridized carbons (Fsp3) is 1.00. The molecule has 0 aromatic heterocycles. The van der Waals surface area contributed by atoms with Gasteiger partial charge in [0.1, 0.15) is 55.1 Å². The van der Waals surface area contributed by atoms with Crippen LogP contribution in [-0.2, 0) is 14.2 Å². The van der Waals surface area contributed by atoms with Gasteiger partial charge in [-0.25, -0.2) is 0 Å². The van der Waals surface area contributed by atoms with Crippen molar-refractivity contribution in [3.8, 4) is 0 Å². The van der Waals surface area contributed by atoms with Crippen molar-refractivity contribution in [1.82, 2.24) is 5.32 Å². The van der Waals surface area contributed by atoms with Gasteiger partial charge >= 0.3 is 0 Å². The molecule has 2 heterocycles. The number of nitrogens with one attached hydrogen (secondary N) is 1. The third-order valence-corrected chi connectivity index (χ3v) is 4.29. The maximum Gasteiger partial charge on any atom is 0.187 e. The summed E-state index contributed by atoms with van der Waals surface area (Å²) in [4.78, 5) is 0. The van der Waals surface area contributed by atoms with Gasteiger partial charge in [-0.05, 0) is 7.05 Å². The molecule has 0 spiro atoms. The number of likely N-dealkylation sites (N-methyl/N-ethyl adjacent to an activating group) is 1. The lowest BCUT2D eigenvalue weighted by Gasteiger charge is -2.46. The first-order chi connectivity index (χ1) is 11.3. The van der Waals surface area contributed by atoms with Crippen LogP contribution in [0.25, 0.3) is 0 Å². The molecule has 0 saturated carbocycles. The number of hydrogen-bond donors (Lipinski definition) is 8. The molecule has 0 amide bonds. The first-order valence-electron chi connectivity index (χ1n) is 7.61. The molecule has 0 aromatic rings. The average Bonchev–Trinajstić information content (AvgIpc) is 2.59. The molecule has 2 aliphatic heterocycles. The summed E-state index contributed by atoms with van der Waals surface area (Å²) in [5.41, 5.74) is 0. The number of ether oxygens (including phenoxy) is 3. The zero-order valence-corrected chi connectivity index (χ0v) is 13.0. The Balaban J connectivity index is 2.12.